The number of nitrogens with zero attached hydrogens (tertiary/aromatic N) is 4. The van der Waals surface area contributed by atoms with Gasteiger partial charge in [-0.2, -0.15) is 4.98 Å². The van der Waals surface area contributed by atoms with Gasteiger partial charge in [0.1, 0.15) is 12.4 Å². The first-order valence-electron chi connectivity index (χ1n) is 11.6. The fourth-order valence-electron chi connectivity index (χ4n) is 4.18. The van der Waals surface area contributed by atoms with Crippen molar-refractivity contribution in [3.63, 3.8) is 0 Å². The summed E-state index contributed by atoms with van der Waals surface area (Å²) < 4.78 is 16.8. The average molecular weight is 483 g/mol. The highest BCUT2D eigenvalue weighted by Crippen LogP contribution is 2.20. The Balaban J connectivity index is 1.09. The van der Waals surface area contributed by atoms with Gasteiger partial charge in [-0.15, -0.1) is 0 Å². The molecule has 1 atom stereocenters. The molecule has 2 aliphatic heterocycles. The number of piperazine rings is 1. The molecule has 2 fully saturated rings. The minimum absolute atomic E-state index is 0.0353. The second kappa shape index (κ2) is 10.5. The lowest BCUT2D eigenvalue weighted by Crippen LogP contribution is -2.48. The summed E-state index contributed by atoms with van der Waals surface area (Å²) in [5, 5.41) is 4.73. The van der Waals surface area contributed by atoms with Crippen LogP contribution in [0.5, 0.6) is 5.75 Å². The molecule has 9 heteroatoms. The van der Waals surface area contributed by atoms with Gasteiger partial charge in [0, 0.05) is 48.9 Å². The van der Waals surface area contributed by atoms with Gasteiger partial charge in [-0.3, -0.25) is 9.69 Å². The molecule has 3 aromatic rings. The van der Waals surface area contributed by atoms with E-state index < -0.39 is 0 Å². The second-order valence-electron chi connectivity index (χ2n) is 8.56. The van der Waals surface area contributed by atoms with Crippen molar-refractivity contribution in [2.75, 3.05) is 39.4 Å². The van der Waals surface area contributed by atoms with Crippen molar-refractivity contribution in [2.45, 2.75) is 25.5 Å². The third-order valence-corrected chi connectivity index (χ3v) is 6.40. The SMILES string of the molecule is O=C(c1ccc(OCC2CCCO2)cc1)N1CCN(Cc2nc(-c3ccc(Cl)cc3)no2)CC1. The number of hydrogen-bond donors (Lipinski definition) is 0. The minimum atomic E-state index is 0.0353. The summed E-state index contributed by atoms with van der Waals surface area (Å²) in [6, 6.07) is 14.7. The van der Waals surface area contributed by atoms with Crippen molar-refractivity contribution in [1.82, 2.24) is 19.9 Å². The molecule has 0 radical (unpaired) electrons. The Morgan fingerprint density at radius 3 is 2.53 bits per heavy atom. The van der Waals surface area contributed by atoms with Crippen LogP contribution < -0.4 is 4.74 Å². The Morgan fingerprint density at radius 1 is 1.06 bits per heavy atom. The third kappa shape index (κ3) is 5.58. The van der Waals surface area contributed by atoms with Crippen LogP contribution in [0.1, 0.15) is 29.1 Å². The van der Waals surface area contributed by atoms with Crippen LogP contribution in [0.25, 0.3) is 11.4 Å². The Kier molecular flexibility index (Phi) is 7.08. The lowest BCUT2D eigenvalue weighted by molar-refractivity contribution is 0.0614. The maximum absolute atomic E-state index is 12.9. The zero-order valence-electron chi connectivity index (χ0n) is 18.9. The molecule has 0 aliphatic carbocycles. The lowest BCUT2D eigenvalue weighted by atomic mass is 10.1. The fourth-order valence-corrected chi connectivity index (χ4v) is 4.30. The number of benzene rings is 2. The number of carbonyl (C=O) groups excluding carboxylic acids is 1. The van der Waals surface area contributed by atoms with E-state index in [-0.39, 0.29) is 12.0 Å². The van der Waals surface area contributed by atoms with Gasteiger partial charge in [0.05, 0.1) is 12.6 Å². The van der Waals surface area contributed by atoms with Gasteiger partial charge in [0.2, 0.25) is 11.7 Å². The average Bonchev–Trinajstić information content (AvgIpc) is 3.56. The maximum atomic E-state index is 12.9. The van der Waals surface area contributed by atoms with Gasteiger partial charge in [-0.05, 0) is 61.4 Å². The van der Waals surface area contributed by atoms with Crippen molar-refractivity contribution >= 4 is 17.5 Å². The number of rotatable bonds is 7. The molecule has 2 aliphatic rings. The molecule has 0 saturated carbocycles. The van der Waals surface area contributed by atoms with Gasteiger partial charge >= 0.3 is 0 Å². The number of carbonyl (C=O) groups is 1. The van der Waals surface area contributed by atoms with Crippen molar-refractivity contribution in [2.24, 2.45) is 0 Å². The van der Waals surface area contributed by atoms with E-state index in [0.29, 0.717) is 48.5 Å². The monoisotopic (exact) mass is 482 g/mol. The van der Waals surface area contributed by atoms with Crippen LogP contribution in [-0.2, 0) is 11.3 Å². The van der Waals surface area contributed by atoms with E-state index in [2.05, 4.69) is 15.0 Å². The molecule has 5 rings (SSSR count). The van der Waals surface area contributed by atoms with Gasteiger partial charge in [-0.1, -0.05) is 16.8 Å². The highest BCUT2D eigenvalue weighted by atomic mass is 35.5. The largest absolute Gasteiger partial charge is 0.491 e. The first-order chi connectivity index (χ1) is 16.6. The van der Waals surface area contributed by atoms with Gasteiger partial charge in [0.25, 0.3) is 5.91 Å². The van der Waals surface area contributed by atoms with Gasteiger partial charge in [-0.25, -0.2) is 0 Å². The molecule has 0 bridgehead atoms. The summed E-state index contributed by atoms with van der Waals surface area (Å²) in [6.07, 6.45) is 2.31. The van der Waals surface area contributed by atoms with Crippen LogP contribution in [0.15, 0.2) is 53.1 Å². The fraction of sp³-hybridized carbons (Fsp3) is 0.400. The molecule has 3 heterocycles. The topological polar surface area (TPSA) is 80.9 Å². The molecular formula is C25H27ClN4O4. The summed E-state index contributed by atoms with van der Waals surface area (Å²) in [6.45, 7) is 4.70. The first-order valence-corrected chi connectivity index (χ1v) is 12.0. The molecular weight excluding hydrogens is 456 g/mol. The number of ether oxygens (including phenoxy) is 2. The third-order valence-electron chi connectivity index (χ3n) is 6.15. The van der Waals surface area contributed by atoms with E-state index in [9.17, 15) is 4.79 Å². The number of amides is 1. The summed E-state index contributed by atoms with van der Waals surface area (Å²) in [5.74, 6) is 1.90. The van der Waals surface area contributed by atoms with Gasteiger partial charge < -0.3 is 18.9 Å². The quantitative estimate of drug-likeness (QED) is 0.505. The molecule has 2 saturated heterocycles. The predicted molar refractivity (Wildman–Crippen MR) is 127 cm³/mol. The van der Waals surface area contributed by atoms with Gasteiger partial charge in [0.15, 0.2) is 0 Å². The lowest BCUT2D eigenvalue weighted by Gasteiger charge is -2.34. The minimum Gasteiger partial charge on any atom is -0.491 e. The summed E-state index contributed by atoms with van der Waals surface area (Å²) in [4.78, 5) is 21.5. The Labute approximate surface area is 203 Å². The Hall–Kier alpha value is -2.94. The van der Waals surface area contributed by atoms with Crippen molar-refractivity contribution in [1.29, 1.82) is 0 Å². The van der Waals surface area contributed by atoms with E-state index in [1.165, 1.54) is 0 Å². The van der Waals surface area contributed by atoms with Crippen LogP contribution in [0.4, 0.5) is 0 Å². The normalized spacial score (nSPS) is 18.9. The smallest absolute Gasteiger partial charge is 0.253 e. The van der Waals surface area contributed by atoms with Crippen molar-refractivity contribution in [3.05, 3.63) is 65.0 Å². The van der Waals surface area contributed by atoms with E-state index in [0.717, 1.165) is 43.9 Å². The van der Waals surface area contributed by atoms with E-state index in [1.54, 1.807) is 12.1 Å². The van der Waals surface area contributed by atoms with Crippen molar-refractivity contribution in [3.8, 4) is 17.1 Å². The molecule has 1 aromatic heterocycles. The zero-order valence-corrected chi connectivity index (χ0v) is 19.6. The highest BCUT2D eigenvalue weighted by molar-refractivity contribution is 6.30. The maximum Gasteiger partial charge on any atom is 0.253 e. The van der Waals surface area contributed by atoms with Crippen LogP contribution in [-0.4, -0.2) is 71.3 Å². The number of halogens is 1. The zero-order chi connectivity index (χ0) is 23.3. The molecule has 34 heavy (non-hydrogen) atoms. The predicted octanol–water partition coefficient (Wildman–Crippen LogP) is 3.91. The molecule has 8 nitrogen and oxygen atoms in total. The van der Waals surface area contributed by atoms with E-state index >= 15 is 0 Å². The van der Waals surface area contributed by atoms with Crippen LogP contribution >= 0.6 is 11.6 Å². The summed E-state index contributed by atoms with van der Waals surface area (Å²) in [7, 11) is 0. The van der Waals surface area contributed by atoms with E-state index in [1.807, 2.05) is 41.3 Å². The Bertz CT molecular complexity index is 1090. The number of aromatic nitrogens is 2. The molecule has 0 spiro atoms. The van der Waals surface area contributed by atoms with Crippen LogP contribution in [0.3, 0.4) is 0 Å². The molecule has 1 unspecified atom stereocenters. The molecule has 178 valence electrons. The van der Waals surface area contributed by atoms with Crippen molar-refractivity contribution < 1.29 is 18.8 Å². The number of hydrogen-bond acceptors (Lipinski definition) is 7. The standard InChI is InChI=1S/C25H27ClN4O4/c26-20-7-3-18(4-8-20)24-27-23(34-28-24)16-29-11-13-30(14-12-29)25(31)19-5-9-21(10-6-19)33-17-22-2-1-15-32-22/h3-10,22H,1-2,11-17H2. The van der Waals surface area contributed by atoms with Crippen LogP contribution in [0, 0.1) is 0 Å². The van der Waals surface area contributed by atoms with Crippen LogP contribution in [0.2, 0.25) is 5.02 Å². The summed E-state index contributed by atoms with van der Waals surface area (Å²) >= 11 is 5.94. The summed E-state index contributed by atoms with van der Waals surface area (Å²) in [5.41, 5.74) is 1.53. The Morgan fingerprint density at radius 2 is 1.82 bits per heavy atom. The molecule has 0 N–H and O–H groups in total. The highest BCUT2D eigenvalue weighted by Gasteiger charge is 2.24. The first kappa shape index (κ1) is 22.8. The second-order valence-corrected chi connectivity index (χ2v) is 8.99. The van der Waals surface area contributed by atoms with E-state index in [4.69, 9.17) is 25.6 Å². The molecule has 1 amide bonds. The molecule has 2 aromatic carbocycles.